The van der Waals surface area contributed by atoms with Crippen LogP contribution in [0.25, 0.3) is 0 Å². The summed E-state index contributed by atoms with van der Waals surface area (Å²) in [5.74, 6) is 0. The van der Waals surface area contributed by atoms with Gasteiger partial charge in [0.25, 0.3) is 0 Å². The lowest BCUT2D eigenvalue weighted by molar-refractivity contribution is -0.134. The van der Waals surface area contributed by atoms with Crippen LogP contribution in [0.5, 0.6) is 0 Å². The van der Waals surface area contributed by atoms with Crippen LogP contribution < -0.4 is 16.9 Å². The smallest absolute Gasteiger partial charge is 0.0496 e. The Kier molecular flexibility index (Phi) is 7.06. The minimum absolute atomic E-state index is 0.136. The van der Waals surface area contributed by atoms with E-state index in [4.69, 9.17) is 16.7 Å². The summed E-state index contributed by atoms with van der Waals surface area (Å²) in [7, 11) is 0. The molecule has 0 aromatic heterocycles. The maximum atomic E-state index is 9.49. The molecule has 0 heterocycles. The summed E-state index contributed by atoms with van der Waals surface area (Å²) in [6.45, 7) is 2.88. The Balaban J connectivity index is 3.82. The Morgan fingerprint density at radius 1 is 1.54 bits per heavy atom. The van der Waals surface area contributed by atoms with Crippen LogP contribution in [0.15, 0.2) is 0 Å². The Morgan fingerprint density at radius 2 is 2.15 bits per heavy atom. The molecule has 7 N–H and O–H groups in total. The highest BCUT2D eigenvalue weighted by molar-refractivity contribution is 4.70. The molecule has 0 aromatic rings. The van der Waals surface area contributed by atoms with Gasteiger partial charge >= 0.3 is 0 Å². The number of nitrogens with two attached hydrogens (primary N) is 2. The van der Waals surface area contributed by atoms with Crippen molar-refractivity contribution in [3.8, 4) is 0 Å². The maximum Gasteiger partial charge on any atom is 0.0496 e. The fraction of sp³-hybridized carbons (Fsp3) is 1.00. The highest BCUT2D eigenvalue weighted by atomic mass is 16.5. The summed E-state index contributed by atoms with van der Waals surface area (Å²) in [5.41, 5.74) is 12.9. The van der Waals surface area contributed by atoms with Crippen molar-refractivity contribution >= 4 is 0 Å². The van der Waals surface area contributed by atoms with E-state index in [1.165, 1.54) is 0 Å². The first-order valence-electron chi connectivity index (χ1n) is 4.43. The SMILES string of the molecule is CCC(CNO)N(O)CC(N)CN. The van der Waals surface area contributed by atoms with Crippen LogP contribution in [-0.2, 0) is 0 Å². The second kappa shape index (κ2) is 7.19. The standard InChI is InChI=1S/C7H20N4O2/c1-2-7(4-10-12)11(13)5-6(9)3-8/h6-7,10,12-13H,2-5,8-9H2,1H3. The van der Waals surface area contributed by atoms with E-state index in [9.17, 15) is 5.21 Å². The molecule has 2 atom stereocenters. The molecular formula is C7H20N4O2. The Hall–Kier alpha value is -0.240. The van der Waals surface area contributed by atoms with Crippen molar-refractivity contribution in [3.05, 3.63) is 0 Å². The molecule has 6 nitrogen and oxygen atoms in total. The average Bonchev–Trinajstić information content (AvgIpc) is 2.13. The second-order valence-electron chi connectivity index (χ2n) is 3.04. The lowest BCUT2D eigenvalue weighted by Crippen LogP contribution is -2.47. The third-order valence-corrected chi connectivity index (χ3v) is 1.94. The van der Waals surface area contributed by atoms with Crippen molar-refractivity contribution in [3.63, 3.8) is 0 Å². The molecular weight excluding hydrogens is 172 g/mol. The molecule has 0 aromatic carbocycles. The second-order valence-corrected chi connectivity index (χ2v) is 3.04. The molecule has 0 radical (unpaired) electrons. The molecule has 0 aliphatic rings. The molecule has 0 aliphatic carbocycles. The van der Waals surface area contributed by atoms with Crippen molar-refractivity contribution < 1.29 is 10.4 Å². The van der Waals surface area contributed by atoms with Crippen LogP contribution in [0, 0.1) is 0 Å². The van der Waals surface area contributed by atoms with E-state index in [0.717, 1.165) is 11.5 Å². The first-order valence-corrected chi connectivity index (χ1v) is 4.43. The summed E-state index contributed by atoms with van der Waals surface area (Å²) in [4.78, 5) is 0. The molecule has 13 heavy (non-hydrogen) atoms. The van der Waals surface area contributed by atoms with Gasteiger partial charge in [0, 0.05) is 31.7 Å². The molecule has 0 amide bonds. The predicted molar refractivity (Wildman–Crippen MR) is 49.4 cm³/mol. The number of hydroxylamine groups is 3. The number of hydrogen-bond donors (Lipinski definition) is 5. The summed E-state index contributed by atoms with van der Waals surface area (Å²) in [6, 6.07) is -0.375. The molecule has 0 saturated carbocycles. The summed E-state index contributed by atoms with van der Waals surface area (Å²) in [5, 5.41) is 19.1. The van der Waals surface area contributed by atoms with Gasteiger partial charge < -0.3 is 21.9 Å². The van der Waals surface area contributed by atoms with E-state index in [1.807, 2.05) is 12.4 Å². The Labute approximate surface area is 78.4 Å². The Bertz CT molecular complexity index is 125. The van der Waals surface area contributed by atoms with Gasteiger partial charge in [-0.15, -0.1) is 0 Å². The fourth-order valence-corrected chi connectivity index (χ4v) is 1.03. The largest absolute Gasteiger partial charge is 0.329 e. The fourth-order valence-electron chi connectivity index (χ4n) is 1.03. The monoisotopic (exact) mass is 192 g/mol. The van der Waals surface area contributed by atoms with Crippen molar-refractivity contribution in [2.24, 2.45) is 11.5 Å². The summed E-state index contributed by atoms with van der Waals surface area (Å²) < 4.78 is 0. The minimum Gasteiger partial charge on any atom is -0.329 e. The van der Waals surface area contributed by atoms with Crippen LogP contribution >= 0.6 is 0 Å². The molecule has 0 saturated heterocycles. The highest BCUT2D eigenvalue weighted by Crippen LogP contribution is 1.99. The number of nitrogens with zero attached hydrogens (tertiary/aromatic N) is 1. The molecule has 0 rings (SSSR count). The van der Waals surface area contributed by atoms with Gasteiger partial charge in [-0.25, -0.2) is 5.48 Å². The van der Waals surface area contributed by atoms with Crippen molar-refractivity contribution in [1.82, 2.24) is 10.5 Å². The zero-order chi connectivity index (χ0) is 10.3. The zero-order valence-electron chi connectivity index (χ0n) is 7.98. The molecule has 2 unspecified atom stereocenters. The molecule has 6 heteroatoms. The van der Waals surface area contributed by atoms with E-state index in [0.29, 0.717) is 19.6 Å². The maximum absolute atomic E-state index is 9.49. The van der Waals surface area contributed by atoms with Crippen LogP contribution in [0.1, 0.15) is 13.3 Å². The Morgan fingerprint density at radius 3 is 2.54 bits per heavy atom. The van der Waals surface area contributed by atoms with Gasteiger partial charge in [0.1, 0.15) is 0 Å². The van der Waals surface area contributed by atoms with Gasteiger partial charge in [0.2, 0.25) is 0 Å². The van der Waals surface area contributed by atoms with Crippen molar-refractivity contribution in [2.45, 2.75) is 25.4 Å². The van der Waals surface area contributed by atoms with Crippen LogP contribution in [0.3, 0.4) is 0 Å². The topological polar surface area (TPSA) is 108 Å². The third-order valence-electron chi connectivity index (χ3n) is 1.94. The first kappa shape index (κ1) is 12.8. The molecule has 0 fully saturated rings. The molecule has 0 spiro atoms. The van der Waals surface area contributed by atoms with E-state index < -0.39 is 0 Å². The molecule has 0 bridgehead atoms. The lowest BCUT2D eigenvalue weighted by atomic mass is 10.2. The van der Waals surface area contributed by atoms with Gasteiger partial charge in [0.15, 0.2) is 0 Å². The van der Waals surface area contributed by atoms with Crippen LogP contribution in [0.2, 0.25) is 0 Å². The highest BCUT2D eigenvalue weighted by Gasteiger charge is 2.16. The predicted octanol–water partition coefficient (Wildman–Crippen LogP) is -1.28. The van der Waals surface area contributed by atoms with Crippen molar-refractivity contribution in [2.75, 3.05) is 19.6 Å². The van der Waals surface area contributed by atoms with E-state index >= 15 is 0 Å². The third kappa shape index (κ3) is 5.14. The molecule has 0 aliphatic heterocycles. The summed E-state index contributed by atoms with van der Waals surface area (Å²) in [6.07, 6.45) is 0.724. The first-order chi connectivity index (χ1) is 6.15. The van der Waals surface area contributed by atoms with Gasteiger partial charge in [-0.3, -0.25) is 0 Å². The lowest BCUT2D eigenvalue weighted by Gasteiger charge is -2.26. The quantitative estimate of drug-likeness (QED) is 0.322. The van der Waals surface area contributed by atoms with Gasteiger partial charge in [-0.1, -0.05) is 6.92 Å². The average molecular weight is 192 g/mol. The van der Waals surface area contributed by atoms with Crippen molar-refractivity contribution in [1.29, 1.82) is 0 Å². The van der Waals surface area contributed by atoms with Gasteiger partial charge in [-0.2, -0.15) is 5.06 Å². The zero-order valence-corrected chi connectivity index (χ0v) is 7.98. The normalized spacial score (nSPS) is 16.2. The van der Waals surface area contributed by atoms with E-state index in [2.05, 4.69) is 0 Å². The van der Waals surface area contributed by atoms with Gasteiger partial charge in [-0.05, 0) is 6.42 Å². The minimum atomic E-state index is -0.238. The number of nitrogens with one attached hydrogen (secondary N) is 1. The van der Waals surface area contributed by atoms with Crippen LogP contribution in [0.4, 0.5) is 0 Å². The van der Waals surface area contributed by atoms with E-state index in [-0.39, 0.29) is 12.1 Å². The number of hydrogen-bond acceptors (Lipinski definition) is 6. The molecule has 80 valence electrons. The number of rotatable bonds is 7. The van der Waals surface area contributed by atoms with Gasteiger partial charge in [0.05, 0.1) is 0 Å². The van der Waals surface area contributed by atoms with Crippen LogP contribution in [-0.4, -0.2) is 47.2 Å². The van der Waals surface area contributed by atoms with E-state index in [1.54, 1.807) is 0 Å². The summed E-state index contributed by atoms with van der Waals surface area (Å²) >= 11 is 0.